The smallest absolute Gasteiger partial charge is 0.233 e. The second-order valence-corrected chi connectivity index (χ2v) is 9.96. The molecule has 1 aromatic carbocycles. The average molecular weight is 452 g/mol. The normalized spacial score (nSPS) is 16.2. The Kier molecular flexibility index (Phi) is 6.25. The molecule has 5 nitrogen and oxygen atoms in total. The first-order valence-electron chi connectivity index (χ1n) is 10.6. The highest BCUT2D eigenvalue weighted by Gasteiger charge is 2.22. The van der Waals surface area contributed by atoms with E-state index in [4.69, 9.17) is 4.74 Å². The zero-order chi connectivity index (χ0) is 21.0. The van der Waals surface area contributed by atoms with Crippen molar-refractivity contribution in [2.45, 2.75) is 31.0 Å². The largest absolute Gasteiger partial charge is 0.491 e. The molecule has 0 atom stereocenters. The third-order valence-electron chi connectivity index (χ3n) is 5.76. The van der Waals surface area contributed by atoms with E-state index in [0.29, 0.717) is 25.4 Å². The molecule has 5 rings (SSSR count). The average Bonchev–Trinajstić information content (AvgIpc) is 3.16. The molecule has 0 bridgehead atoms. The van der Waals surface area contributed by atoms with Gasteiger partial charge >= 0.3 is 0 Å². The zero-order valence-corrected chi connectivity index (χ0v) is 19.0. The number of hydrogen-bond acceptors (Lipinski definition) is 6. The molecule has 0 saturated carbocycles. The Morgan fingerprint density at radius 2 is 2.00 bits per heavy atom. The minimum Gasteiger partial charge on any atom is -0.491 e. The third-order valence-corrected chi connectivity index (χ3v) is 7.78. The van der Waals surface area contributed by atoms with Gasteiger partial charge < -0.3 is 9.64 Å². The molecule has 2 aromatic heterocycles. The van der Waals surface area contributed by atoms with Crippen LogP contribution in [0.1, 0.15) is 21.6 Å². The maximum absolute atomic E-state index is 12.9. The van der Waals surface area contributed by atoms with Crippen molar-refractivity contribution in [1.29, 1.82) is 0 Å². The minimum atomic E-state index is 0.143. The van der Waals surface area contributed by atoms with E-state index in [0.717, 1.165) is 42.3 Å². The number of aromatic nitrogens is 1. The van der Waals surface area contributed by atoms with Crippen molar-refractivity contribution < 1.29 is 9.53 Å². The molecule has 0 radical (unpaired) electrons. The van der Waals surface area contributed by atoms with E-state index in [1.165, 1.54) is 16.0 Å². The molecule has 7 heteroatoms. The van der Waals surface area contributed by atoms with E-state index < -0.39 is 0 Å². The van der Waals surface area contributed by atoms with Crippen molar-refractivity contribution in [1.82, 2.24) is 14.8 Å². The van der Waals surface area contributed by atoms with E-state index in [1.54, 1.807) is 24.2 Å². The van der Waals surface area contributed by atoms with E-state index in [2.05, 4.69) is 39.5 Å². The fourth-order valence-corrected chi connectivity index (χ4v) is 5.81. The highest BCUT2D eigenvalue weighted by molar-refractivity contribution is 8.00. The molecule has 160 valence electrons. The number of hydrogen-bond donors (Lipinski definition) is 0. The Morgan fingerprint density at radius 1 is 1.10 bits per heavy atom. The molecule has 3 aromatic rings. The van der Waals surface area contributed by atoms with Crippen LogP contribution in [0.4, 0.5) is 0 Å². The van der Waals surface area contributed by atoms with Crippen LogP contribution in [0.25, 0.3) is 0 Å². The molecule has 0 spiro atoms. The van der Waals surface area contributed by atoms with Gasteiger partial charge in [-0.2, -0.15) is 0 Å². The van der Waals surface area contributed by atoms with Gasteiger partial charge in [-0.3, -0.25) is 14.7 Å². The summed E-state index contributed by atoms with van der Waals surface area (Å²) in [5, 5.41) is 2.20. The highest BCUT2D eigenvalue weighted by Crippen LogP contribution is 2.28. The number of benzene rings is 1. The van der Waals surface area contributed by atoms with Gasteiger partial charge in [0.05, 0.1) is 12.3 Å². The quantitative estimate of drug-likeness (QED) is 0.544. The monoisotopic (exact) mass is 451 g/mol. The van der Waals surface area contributed by atoms with E-state index in [-0.39, 0.29) is 5.91 Å². The SMILES string of the molecule is O=C(CSc1ccncc1)N1CCOc2ccc(CN3CCc4sccc4C3)cc2C1. The summed E-state index contributed by atoms with van der Waals surface area (Å²) >= 11 is 3.43. The number of thioether (sulfide) groups is 1. The van der Waals surface area contributed by atoms with Crippen LogP contribution in [0.3, 0.4) is 0 Å². The van der Waals surface area contributed by atoms with Crippen LogP contribution in [-0.4, -0.2) is 46.1 Å². The van der Waals surface area contributed by atoms with E-state index in [9.17, 15) is 4.79 Å². The number of nitrogens with zero attached hydrogens (tertiary/aromatic N) is 3. The van der Waals surface area contributed by atoms with Gasteiger partial charge in [0.15, 0.2) is 0 Å². The Bertz CT molecular complexity index is 1050. The molecule has 0 aliphatic carbocycles. The molecular weight excluding hydrogens is 426 g/mol. The van der Waals surface area contributed by atoms with Gasteiger partial charge in [-0.15, -0.1) is 23.1 Å². The van der Waals surface area contributed by atoms with Crippen molar-refractivity contribution in [2.24, 2.45) is 0 Å². The number of carbonyl (C=O) groups is 1. The number of amides is 1. The fraction of sp³-hybridized carbons (Fsp3) is 0.333. The van der Waals surface area contributed by atoms with E-state index >= 15 is 0 Å². The maximum atomic E-state index is 12.9. The number of ether oxygens (including phenoxy) is 1. The van der Waals surface area contributed by atoms with Gasteiger partial charge in [0.2, 0.25) is 5.91 Å². The number of pyridine rings is 1. The van der Waals surface area contributed by atoms with Crippen molar-refractivity contribution in [3.8, 4) is 5.75 Å². The predicted octanol–water partition coefficient (Wildman–Crippen LogP) is 4.21. The Hall–Kier alpha value is -2.35. The highest BCUT2D eigenvalue weighted by atomic mass is 32.2. The molecule has 0 saturated heterocycles. The second-order valence-electron chi connectivity index (χ2n) is 7.91. The predicted molar refractivity (Wildman–Crippen MR) is 124 cm³/mol. The summed E-state index contributed by atoms with van der Waals surface area (Å²) in [7, 11) is 0. The van der Waals surface area contributed by atoms with Crippen molar-refractivity contribution in [3.05, 3.63) is 75.7 Å². The van der Waals surface area contributed by atoms with Crippen LogP contribution in [-0.2, 0) is 30.8 Å². The Morgan fingerprint density at radius 3 is 2.90 bits per heavy atom. The standard InChI is InChI=1S/C24H25N3O2S2/c28-24(17-31-21-3-7-25-8-4-21)27-10-11-29-22-2-1-18(13-20(22)16-27)14-26-9-5-23-19(15-26)6-12-30-23/h1-4,6-8,12-13H,5,9-11,14-17H2. The topological polar surface area (TPSA) is 45.7 Å². The number of fused-ring (bicyclic) bond motifs is 2. The molecule has 4 heterocycles. The second kappa shape index (κ2) is 9.42. The van der Waals surface area contributed by atoms with Gasteiger partial charge in [0, 0.05) is 53.9 Å². The molecule has 0 fully saturated rings. The van der Waals surface area contributed by atoms with Crippen LogP contribution < -0.4 is 4.74 Å². The molecule has 0 unspecified atom stereocenters. The van der Waals surface area contributed by atoms with Crippen LogP contribution in [0.5, 0.6) is 5.75 Å². The lowest BCUT2D eigenvalue weighted by molar-refractivity contribution is -0.129. The molecule has 2 aliphatic heterocycles. The van der Waals surface area contributed by atoms with Crippen LogP contribution in [0.15, 0.2) is 59.1 Å². The van der Waals surface area contributed by atoms with E-state index in [1.807, 2.05) is 28.4 Å². The van der Waals surface area contributed by atoms with Gasteiger partial charge in [0.1, 0.15) is 12.4 Å². The third kappa shape index (κ3) is 4.95. The Labute approximate surface area is 191 Å². The lowest BCUT2D eigenvalue weighted by Crippen LogP contribution is -2.33. The first-order chi connectivity index (χ1) is 15.2. The molecular formula is C24H25N3O2S2. The number of carbonyl (C=O) groups excluding carboxylic acids is 1. The maximum Gasteiger partial charge on any atom is 0.233 e. The number of thiophene rings is 1. The van der Waals surface area contributed by atoms with Gasteiger partial charge in [-0.05, 0) is 53.3 Å². The molecule has 2 aliphatic rings. The minimum absolute atomic E-state index is 0.143. The van der Waals surface area contributed by atoms with Gasteiger partial charge in [-0.1, -0.05) is 6.07 Å². The summed E-state index contributed by atoms with van der Waals surface area (Å²) in [6.45, 7) is 4.79. The molecule has 0 N–H and O–H groups in total. The van der Waals surface area contributed by atoms with Gasteiger partial charge in [-0.25, -0.2) is 0 Å². The van der Waals surface area contributed by atoms with Crippen molar-refractivity contribution in [3.63, 3.8) is 0 Å². The summed E-state index contributed by atoms with van der Waals surface area (Å²) in [5.74, 6) is 1.47. The molecule has 31 heavy (non-hydrogen) atoms. The van der Waals surface area contributed by atoms with Crippen LogP contribution >= 0.6 is 23.1 Å². The van der Waals surface area contributed by atoms with Crippen LogP contribution in [0.2, 0.25) is 0 Å². The summed E-state index contributed by atoms with van der Waals surface area (Å²) < 4.78 is 5.95. The first kappa shape index (κ1) is 20.5. The summed E-state index contributed by atoms with van der Waals surface area (Å²) in [5.41, 5.74) is 3.85. The fourth-order valence-electron chi connectivity index (χ4n) is 4.13. The summed E-state index contributed by atoms with van der Waals surface area (Å²) in [4.78, 5) is 23.9. The summed E-state index contributed by atoms with van der Waals surface area (Å²) in [6, 6.07) is 12.6. The first-order valence-corrected chi connectivity index (χ1v) is 12.4. The van der Waals surface area contributed by atoms with Crippen molar-refractivity contribution in [2.75, 3.05) is 25.4 Å². The number of rotatable bonds is 5. The molecule has 1 amide bonds. The van der Waals surface area contributed by atoms with Crippen LogP contribution in [0, 0.1) is 0 Å². The van der Waals surface area contributed by atoms with Crippen molar-refractivity contribution >= 4 is 29.0 Å². The lowest BCUT2D eigenvalue weighted by atomic mass is 10.1. The zero-order valence-electron chi connectivity index (χ0n) is 17.3. The summed E-state index contributed by atoms with van der Waals surface area (Å²) in [6.07, 6.45) is 4.65. The lowest BCUT2D eigenvalue weighted by Gasteiger charge is -2.27. The Balaban J connectivity index is 1.24. The van der Waals surface area contributed by atoms with Gasteiger partial charge in [0.25, 0.3) is 0 Å².